The first-order chi connectivity index (χ1) is 22.5. The number of nitrogens with one attached hydrogen (secondary N) is 1. The van der Waals surface area contributed by atoms with Crippen molar-refractivity contribution < 1.29 is 37.3 Å². The van der Waals surface area contributed by atoms with E-state index in [1.807, 2.05) is 85.9 Å². The van der Waals surface area contributed by atoms with E-state index in [4.69, 9.17) is 9.47 Å². The standard InChI is InChI=1S/C36H40F3N3O5/c1-3-17-41(2)22-30-20-32(27-11-9-24(23-43)10-12-27)47-34(46-30)28-15-13-26(14-16-28)29-7-4-6-25(19-29)21-40-33(44)31-8-5-18-42(31)35(45)36(37,38)39/h3-4,6-7,9-16,19,30-32,34,43H,1,5,8,17-18,20-23H2,2H3,(H,40,44)/t30-,31+,32+,34+/m1/s1. The number of nitrogens with zero attached hydrogens (tertiary/aromatic N) is 2. The highest BCUT2D eigenvalue weighted by Gasteiger charge is 2.47. The Kier molecular flexibility index (Phi) is 11.1. The van der Waals surface area contributed by atoms with Gasteiger partial charge in [-0.3, -0.25) is 9.59 Å². The lowest BCUT2D eigenvalue weighted by atomic mass is 9.99. The molecule has 0 bridgehead atoms. The maximum absolute atomic E-state index is 13.0. The van der Waals surface area contributed by atoms with Crippen LogP contribution in [0.4, 0.5) is 13.2 Å². The summed E-state index contributed by atoms with van der Waals surface area (Å²) in [6.45, 7) is 5.26. The van der Waals surface area contributed by atoms with E-state index in [2.05, 4.69) is 16.8 Å². The number of benzene rings is 3. The molecule has 2 saturated heterocycles. The number of alkyl halides is 3. The average Bonchev–Trinajstić information content (AvgIpc) is 3.57. The van der Waals surface area contributed by atoms with Crippen LogP contribution in [-0.4, -0.2) is 71.7 Å². The van der Waals surface area contributed by atoms with Crippen molar-refractivity contribution in [3.8, 4) is 11.1 Å². The monoisotopic (exact) mass is 651 g/mol. The molecule has 2 aliphatic rings. The fraction of sp³-hybridized carbons (Fsp3) is 0.389. The number of likely N-dealkylation sites (N-methyl/N-ethyl adjacent to an activating group) is 1. The summed E-state index contributed by atoms with van der Waals surface area (Å²) in [5.41, 5.74) is 5.30. The van der Waals surface area contributed by atoms with Gasteiger partial charge in [0.15, 0.2) is 6.29 Å². The summed E-state index contributed by atoms with van der Waals surface area (Å²) >= 11 is 0. The number of rotatable bonds is 11. The van der Waals surface area contributed by atoms with Gasteiger partial charge in [-0.1, -0.05) is 72.8 Å². The van der Waals surface area contributed by atoms with Crippen LogP contribution in [0.2, 0.25) is 0 Å². The summed E-state index contributed by atoms with van der Waals surface area (Å²) in [5, 5.41) is 12.2. The van der Waals surface area contributed by atoms with Gasteiger partial charge in [0.1, 0.15) is 6.04 Å². The Morgan fingerprint density at radius 3 is 2.43 bits per heavy atom. The van der Waals surface area contributed by atoms with Crippen LogP contribution in [0.5, 0.6) is 0 Å². The Balaban J connectivity index is 1.26. The van der Waals surface area contributed by atoms with E-state index in [0.29, 0.717) is 24.3 Å². The Morgan fingerprint density at radius 2 is 1.74 bits per heavy atom. The molecule has 8 nitrogen and oxygen atoms in total. The molecule has 3 aromatic rings. The molecular formula is C36H40F3N3O5. The number of amides is 2. The average molecular weight is 652 g/mol. The van der Waals surface area contributed by atoms with Crippen molar-refractivity contribution in [2.45, 2.75) is 63.1 Å². The number of hydrogen-bond acceptors (Lipinski definition) is 6. The van der Waals surface area contributed by atoms with E-state index < -0.39 is 30.3 Å². The summed E-state index contributed by atoms with van der Waals surface area (Å²) in [5.74, 6) is -2.58. The highest BCUT2D eigenvalue weighted by Crippen LogP contribution is 2.38. The lowest BCUT2D eigenvalue weighted by Crippen LogP contribution is -2.50. The van der Waals surface area contributed by atoms with Crippen LogP contribution in [-0.2, 0) is 32.2 Å². The van der Waals surface area contributed by atoms with E-state index in [1.165, 1.54) is 0 Å². The van der Waals surface area contributed by atoms with E-state index in [1.54, 1.807) is 0 Å². The summed E-state index contributed by atoms with van der Waals surface area (Å²) < 4.78 is 51.8. The maximum Gasteiger partial charge on any atom is 0.471 e. The quantitative estimate of drug-likeness (QED) is 0.260. The molecule has 250 valence electrons. The van der Waals surface area contributed by atoms with E-state index in [-0.39, 0.29) is 38.3 Å². The zero-order chi connectivity index (χ0) is 33.6. The molecule has 47 heavy (non-hydrogen) atoms. The molecule has 2 fully saturated rings. The second kappa shape index (κ2) is 15.2. The van der Waals surface area contributed by atoms with Crippen molar-refractivity contribution >= 4 is 11.8 Å². The van der Waals surface area contributed by atoms with E-state index in [9.17, 15) is 27.9 Å². The van der Waals surface area contributed by atoms with Gasteiger partial charge in [0, 0.05) is 38.2 Å². The lowest BCUT2D eigenvalue weighted by Gasteiger charge is -2.37. The molecule has 2 heterocycles. The highest BCUT2D eigenvalue weighted by molar-refractivity contribution is 5.90. The summed E-state index contributed by atoms with van der Waals surface area (Å²) in [6, 6.07) is 22.0. The molecule has 0 aromatic heterocycles. The van der Waals surface area contributed by atoms with Crippen LogP contribution in [0.15, 0.2) is 85.5 Å². The SMILES string of the molecule is C=CCN(C)C[C@H]1C[C@@H](c2ccc(CO)cc2)O[C@@H](c2ccc(-c3cccc(CNC(=O)[C@@H]4CCCN4C(=O)C(F)(F)F)c3)cc2)O1. The number of hydrogen-bond donors (Lipinski definition) is 2. The predicted octanol–water partition coefficient (Wildman–Crippen LogP) is 5.68. The maximum atomic E-state index is 13.0. The minimum Gasteiger partial charge on any atom is -0.392 e. The second-order valence-electron chi connectivity index (χ2n) is 12.1. The normalized spacial score (nSPS) is 21.5. The summed E-state index contributed by atoms with van der Waals surface area (Å²) in [6.07, 6.45) is -2.83. The molecule has 5 rings (SSSR count). The number of carbonyl (C=O) groups excluding carboxylic acids is 2. The summed E-state index contributed by atoms with van der Waals surface area (Å²) in [7, 11) is 2.02. The molecule has 2 N–H and O–H groups in total. The van der Waals surface area contributed by atoms with Gasteiger partial charge in [0.2, 0.25) is 5.91 Å². The van der Waals surface area contributed by atoms with E-state index in [0.717, 1.165) is 39.9 Å². The minimum atomic E-state index is -5.01. The third-order valence-electron chi connectivity index (χ3n) is 8.54. The minimum absolute atomic E-state index is 0.0247. The first kappa shape index (κ1) is 34.3. The van der Waals surface area contributed by atoms with Gasteiger partial charge in [-0.05, 0) is 53.8 Å². The van der Waals surface area contributed by atoms with Crippen molar-refractivity contribution in [3.63, 3.8) is 0 Å². The number of aliphatic hydroxyl groups excluding tert-OH is 1. The number of carbonyl (C=O) groups is 2. The zero-order valence-electron chi connectivity index (χ0n) is 26.3. The van der Waals surface area contributed by atoms with Crippen LogP contribution in [0.1, 0.15) is 53.9 Å². The van der Waals surface area contributed by atoms with Crippen molar-refractivity contribution in [2.75, 3.05) is 26.7 Å². The topological polar surface area (TPSA) is 91.3 Å². The van der Waals surface area contributed by atoms with Gasteiger partial charge < -0.3 is 29.7 Å². The third-order valence-corrected chi connectivity index (χ3v) is 8.54. The van der Waals surface area contributed by atoms with Crippen molar-refractivity contribution in [2.24, 2.45) is 0 Å². The summed E-state index contributed by atoms with van der Waals surface area (Å²) in [4.78, 5) is 27.3. The molecule has 2 amide bonds. The largest absolute Gasteiger partial charge is 0.471 e. The molecule has 0 aliphatic carbocycles. The zero-order valence-corrected chi connectivity index (χ0v) is 26.3. The van der Waals surface area contributed by atoms with Gasteiger partial charge >= 0.3 is 12.1 Å². The second-order valence-corrected chi connectivity index (χ2v) is 12.1. The van der Waals surface area contributed by atoms with Gasteiger partial charge in [0.25, 0.3) is 0 Å². The lowest BCUT2D eigenvalue weighted by molar-refractivity contribution is -0.252. The third kappa shape index (κ3) is 8.66. The number of aliphatic hydroxyl groups is 1. The van der Waals surface area contributed by atoms with Crippen LogP contribution < -0.4 is 5.32 Å². The Bertz CT molecular complexity index is 1530. The highest BCUT2D eigenvalue weighted by atomic mass is 19.4. The molecular weight excluding hydrogens is 611 g/mol. The van der Waals surface area contributed by atoms with Crippen LogP contribution in [0.3, 0.4) is 0 Å². The van der Waals surface area contributed by atoms with Crippen LogP contribution >= 0.6 is 0 Å². The number of likely N-dealkylation sites (tertiary alicyclic amines) is 1. The van der Waals surface area contributed by atoms with Crippen molar-refractivity contribution in [1.29, 1.82) is 0 Å². The fourth-order valence-corrected chi connectivity index (χ4v) is 6.12. The van der Waals surface area contributed by atoms with Crippen molar-refractivity contribution in [3.05, 3.63) is 108 Å². The van der Waals surface area contributed by atoms with Crippen molar-refractivity contribution in [1.82, 2.24) is 15.1 Å². The molecule has 0 unspecified atom stereocenters. The van der Waals surface area contributed by atoms with Gasteiger partial charge in [0.05, 0.1) is 18.8 Å². The molecule has 4 atom stereocenters. The number of halogens is 3. The predicted molar refractivity (Wildman–Crippen MR) is 171 cm³/mol. The van der Waals surface area contributed by atoms with Gasteiger partial charge in [-0.15, -0.1) is 6.58 Å². The smallest absolute Gasteiger partial charge is 0.392 e. The van der Waals surface area contributed by atoms with Crippen LogP contribution in [0, 0.1) is 0 Å². The van der Waals surface area contributed by atoms with Gasteiger partial charge in [-0.25, -0.2) is 0 Å². The molecule has 3 aromatic carbocycles. The first-order valence-corrected chi connectivity index (χ1v) is 15.7. The Morgan fingerprint density at radius 1 is 1.02 bits per heavy atom. The van der Waals surface area contributed by atoms with E-state index >= 15 is 0 Å². The number of ether oxygens (including phenoxy) is 2. The first-order valence-electron chi connectivity index (χ1n) is 15.7. The molecule has 2 aliphatic heterocycles. The van der Waals surface area contributed by atoms with Gasteiger partial charge in [-0.2, -0.15) is 13.2 Å². The fourth-order valence-electron chi connectivity index (χ4n) is 6.12. The molecule has 0 radical (unpaired) electrons. The Hall–Kier alpha value is -4.03. The van der Waals surface area contributed by atoms with Crippen LogP contribution in [0.25, 0.3) is 11.1 Å². The molecule has 11 heteroatoms. The molecule has 0 saturated carbocycles. The molecule has 0 spiro atoms. The Labute approximate surface area is 272 Å².